The van der Waals surface area contributed by atoms with Crippen molar-refractivity contribution in [3.63, 3.8) is 0 Å². The number of thiazole rings is 2. The first-order valence-corrected chi connectivity index (χ1v) is 12.8. The Hall–Kier alpha value is -1.85. The highest BCUT2D eigenvalue weighted by Crippen LogP contribution is 2.43. The van der Waals surface area contributed by atoms with Gasteiger partial charge in [0.2, 0.25) is 5.91 Å². The molecule has 6 nitrogen and oxygen atoms in total. The number of aryl methyl sites for hydroxylation is 1. The number of halogens is 1. The van der Waals surface area contributed by atoms with Gasteiger partial charge in [0.25, 0.3) is 0 Å². The molecule has 1 aromatic carbocycles. The topological polar surface area (TPSA) is 75.6 Å². The van der Waals surface area contributed by atoms with Crippen molar-refractivity contribution in [1.82, 2.24) is 9.97 Å². The molecule has 1 amide bonds. The first kappa shape index (κ1) is 22.0. The monoisotopic (exact) mass is 491 g/mol. The molecule has 168 valence electrons. The molecule has 10 heteroatoms. The lowest BCUT2D eigenvalue weighted by Gasteiger charge is -2.34. The molecule has 2 aliphatic rings. The number of rotatable bonds is 4. The van der Waals surface area contributed by atoms with E-state index in [0.29, 0.717) is 47.2 Å². The number of aliphatic hydroxyl groups is 1. The van der Waals surface area contributed by atoms with Crippen molar-refractivity contribution >= 4 is 46.0 Å². The molecule has 0 bridgehead atoms. The van der Waals surface area contributed by atoms with Crippen LogP contribution in [0.5, 0.6) is 0 Å². The quantitative estimate of drug-likeness (QED) is 0.562. The summed E-state index contributed by atoms with van der Waals surface area (Å²) < 4.78 is 21.0. The predicted octanol–water partition coefficient (Wildman–Crippen LogP) is 4.85. The van der Waals surface area contributed by atoms with E-state index in [0.717, 1.165) is 20.3 Å². The highest BCUT2D eigenvalue weighted by molar-refractivity contribution is 8.01. The van der Waals surface area contributed by atoms with Gasteiger partial charge in [-0.05, 0) is 31.0 Å². The summed E-state index contributed by atoms with van der Waals surface area (Å²) in [5.41, 5.74) is 0.700. The van der Waals surface area contributed by atoms with E-state index in [1.165, 1.54) is 45.4 Å². The number of benzene rings is 1. The van der Waals surface area contributed by atoms with Crippen LogP contribution in [-0.2, 0) is 21.6 Å². The molecule has 0 aliphatic carbocycles. The SMILES string of the molecule is C[C@H]1C[C@@](O)(c2cnc(-c3cnc(Sc4cc5c(cc4F)N(C)C(=O)CC5)s3)s2)CCO1. The summed E-state index contributed by atoms with van der Waals surface area (Å²) in [5.74, 6) is -0.357. The summed E-state index contributed by atoms with van der Waals surface area (Å²) in [7, 11) is 1.68. The van der Waals surface area contributed by atoms with Gasteiger partial charge in [0.1, 0.15) is 16.4 Å². The molecule has 2 aromatic heterocycles. The average molecular weight is 492 g/mol. The molecule has 1 fully saturated rings. The molecule has 32 heavy (non-hydrogen) atoms. The van der Waals surface area contributed by atoms with E-state index in [1.807, 2.05) is 13.0 Å². The van der Waals surface area contributed by atoms with Crippen LogP contribution >= 0.6 is 34.4 Å². The van der Waals surface area contributed by atoms with Gasteiger partial charge in [-0.25, -0.2) is 14.4 Å². The molecule has 2 aliphatic heterocycles. The minimum absolute atomic E-state index is 0.00422. The Balaban J connectivity index is 1.35. The molecular formula is C22H22FN3O3S3. The standard InChI is InChI=1S/C22H22FN3O3S3/c1-12-9-22(28,5-6-29-12)18-11-24-20(32-18)17-10-25-21(31-17)30-16-7-13-3-4-19(27)26(2)15(13)8-14(16)23/h7-8,10-12,28H,3-6,9H2,1-2H3/t12-,22+/m0/s1. The van der Waals surface area contributed by atoms with Crippen LogP contribution in [0.15, 0.2) is 33.8 Å². The molecular weight excluding hydrogens is 469 g/mol. The van der Waals surface area contributed by atoms with Gasteiger partial charge in [-0.3, -0.25) is 4.79 Å². The molecule has 1 N–H and O–H groups in total. The normalized spacial score (nSPS) is 23.4. The smallest absolute Gasteiger partial charge is 0.227 e. The molecule has 0 spiro atoms. The lowest BCUT2D eigenvalue weighted by Crippen LogP contribution is -2.36. The van der Waals surface area contributed by atoms with Crippen LogP contribution in [0, 0.1) is 5.82 Å². The Morgan fingerprint density at radius 2 is 2.12 bits per heavy atom. The van der Waals surface area contributed by atoms with Crippen molar-refractivity contribution in [3.8, 4) is 9.88 Å². The number of fused-ring (bicyclic) bond motifs is 1. The first-order chi connectivity index (χ1) is 15.3. The fourth-order valence-corrected chi connectivity index (χ4v) is 7.20. The molecule has 3 aromatic rings. The summed E-state index contributed by atoms with van der Waals surface area (Å²) in [6.45, 7) is 2.50. The molecule has 4 heterocycles. The van der Waals surface area contributed by atoms with Gasteiger partial charge in [0.05, 0.1) is 27.4 Å². The average Bonchev–Trinajstić information content (AvgIpc) is 3.42. The Labute approximate surface area is 197 Å². The van der Waals surface area contributed by atoms with Crippen LogP contribution in [0.2, 0.25) is 0 Å². The number of aromatic nitrogens is 2. The number of amides is 1. The van der Waals surface area contributed by atoms with E-state index in [-0.39, 0.29) is 17.8 Å². The van der Waals surface area contributed by atoms with E-state index in [2.05, 4.69) is 9.97 Å². The van der Waals surface area contributed by atoms with Crippen molar-refractivity contribution in [1.29, 1.82) is 0 Å². The molecule has 0 unspecified atom stereocenters. The zero-order chi connectivity index (χ0) is 22.5. The minimum atomic E-state index is -0.906. The maximum atomic E-state index is 14.7. The van der Waals surface area contributed by atoms with E-state index < -0.39 is 5.60 Å². The fraction of sp³-hybridized carbons (Fsp3) is 0.409. The Kier molecular flexibility index (Phi) is 5.83. The number of carbonyl (C=O) groups excluding carboxylic acids is 1. The largest absolute Gasteiger partial charge is 0.384 e. The third-order valence-corrected chi connectivity index (χ3v) is 9.34. The van der Waals surface area contributed by atoms with Crippen molar-refractivity contribution in [2.24, 2.45) is 0 Å². The summed E-state index contributed by atoms with van der Waals surface area (Å²) in [5, 5.41) is 11.8. The Morgan fingerprint density at radius 3 is 2.94 bits per heavy atom. The third-order valence-electron chi connectivity index (χ3n) is 5.88. The van der Waals surface area contributed by atoms with Crippen molar-refractivity contribution in [3.05, 3.63) is 40.8 Å². The molecule has 0 saturated carbocycles. The molecule has 2 atom stereocenters. The fourth-order valence-electron chi connectivity index (χ4n) is 4.11. The predicted molar refractivity (Wildman–Crippen MR) is 124 cm³/mol. The molecule has 5 rings (SSSR count). The number of anilines is 1. The number of hydrogen-bond donors (Lipinski definition) is 1. The second kappa shape index (κ2) is 8.49. The summed E-state index contributed by atoms with van der Waals surface area (Å²) in [6, 6.07) is 3.26. The van der Waals surface area contributed by atoms with Crippen LogP contribution in [0.1, 0.15) is 36.6 Å². The zero-order valence-corrected chi connectivity index (χ0v) is 20.1. The second-order valence-corrected chi connectivity index (χ2v) is 11.5. The maximum absolute atomic E-state index is 14.7. The van der Waals surface area contributed by atoms with Crippen LogP contribution in [0.25, 0.3) is 9.88 Å². The van der Waals surface area contributed by atoms with Gasteiger partial charge in [-0.15, -0.1) is 22.7 Å². The van der Waals surface area contributed by atoms with Gasteiger partial charge in [0.15, 0.2) is 4.34 Å². The molecule has 0 radical (unpaired) electrons. The Morgan fingerprint density at radius 1 is 1.28 bits per heavy atom. The highest BCUT2D eigenvalue weighted by atomic mass is 32.2. The van der Waals surface area contributed by atoms with Crippen molar-refractivity contribution < 1.29 is 19.0 Å². The third kappa shape index (κ3) is 4.10. The first-order valence-electron chi connectivity index (χ1n) is 10.4. The second-order valence-electron chi connectivity index (χ2n) is 8.15. The van der Waals surface area contributed by atoms with Gasteiger partial charge in [-0.2, -0.15) is 0 Å². The zero-order valence-electron chi connectivity index (χ0n) is 17.6. The van der Waals surface area contributed by atoms with E-state index in [9.17, 15) is 14.3 Å². The number of hydrogen-bond acceptors (Lipinski definition) is 8. The Bertz CT molecular complexity index is 1180. The highest BCUT2D eigenvalue weighted by Gasteiger charge is 2.37. The lowest BCUT2D eigenvalue weighted by atomic mass is 9.90. The van der Waals surface area contributed by atoms with E-state index >= 15 is 0 Å². The van der Waals surface area contributed by atoms with Crippen molar-refractivity contribution in [2.45, 2.75) is 53.5 Å². The van der Waals surface area contributed by atoms with Gasteiger partial charge < -0.3 is 14.7 Å². The van der Waals surface area contributed by atoms with Gasteiger partial charge in [-0.1, -0.05) is 11.8 Å². The van der Waals surface area contributed by atoms with Gasteiger partial charge in [0, 0.05) is 44.4 Å². The minimum Gasteiger partial charge on any atom is -0.384 e. The summed E-state index contributed by atoms with van der Waals surface area (Å²) in [6.07, 6.45) is 5.65. The van der Waals surface area contributed by atoms with Gasteiger partial charge >= 0.3 is 0 Å². The molecule has 1 saturated heterocycles. The van der Waals surface area contributed by atoms with Crippen LogP contribution < -0.4 is 4.90 Å². The number of carbonyl (C=O) groups is 1. The number of nitrogens with zero attached hydrogens (tertiary/aromatic N) is 3. The van der Waals surface area contributed by atoms with E-state index in [4.69, 9.17) is 4.74 Å². The van der Waals surface area contributed by atoms with Crippen LogP contribution in [0.3, 0.4) is 0 Å². The van der Waals surface area contributed by atoms with Crippen LogP contribution in [0.4, 0.5) is 10.1 Å². The summed E-state index contributed by atoms with van der Waals surface area (Å²) in [4.78, 5) is 24.6. The van der Waals surface area contributed by atoms with Crippen LogP contribution in [-0.4, -0.2) is 40.7 Å². The number of ether oxygens (including phenoxy) is 1. The van der Waals surface area contributed by atoms with E-state index in [1.54, 1.807) is 19.4 Å². The van der Waals surface area contributed by atoms with Crippen molar-refractivity contribution in [2.75, 3.05) is 18.6 Å². The lowest BCUT2D eigenvalue weighted by molar-refractivity contribution is -0.118. The summed E-state index contributed by atoms with van der Waals surface area (Å²) >= 11 is 4.20. The maximum Gasteiger partial charge on any atom is 0.227 e.